The minimum Gasteiger partial charge on any atom is -0.372 e. The van der Waals surface area contributed by atoms with Crippen LogP contribution in [0.15, 0.2) is 18.7 Å². The number of aryl methyl sites for hydroxylation is 1. The number of imidazole rings is 1. The summed E-state index contributed by atoms with van der Waals surface area (Å²) in [7, 11) is 0. The highest BCUT2D eigenvalue weighted by Gasteiger charge is 2.25. The summed E-state index contributed by atoms with van der Waals surface area (Å²) in [6, 6.07) is 0.00707. The SMILES string of the molecule is C[C@@H]1CN(C(=O)NCCCn2ccnc2)C[C@H](C)O1. The van der Waals surface area contributed by atoms with Gasteiger partial charge in [0.05, 0.1) is 18.5 Å². The number of nitrogens with zero attached hydrogens (tertiary/aromatic N) is 3. The molecule has 2 amide bonds. The fourth-order valence-electron chi connectivity index (χ4n) is 2.33. The summed E-state index contributed by atoms with van der Waals surface area (Å²) in [5.41, 5.74) is 0. The normalized spacial score (nSPS) is 23.4. The molecule has 0 saturated carbocycles. The number of morpholine rings is 1. The van der Waals surface area contributed by atoms with Crippen molar-refractivity contribution in [2.75, 3.05) is 19.6 Å². The molecular formula is C13H22N4O2. The molecule has 2 atom stereocenters. The lowest BCUT2D eigenvalue weighted by atomic mass is 10.2. The van der Waals surface area contributed by atoms with Gasteiger partial charge >= 0.3 is 6.03 Å². The van der Waals surface area contributed by atoms with Crippen molar-refractivity contribution in [2.45, 2.75) is 39.0 Å². The average molecular weight is 266 g/mol. The third-order valence-electron chi connectivity index (χ3n) is 3.14. The molecule has 0 spiro atoms. The fourth-order valence-corrected chi connectivity index (χ4v) is 2.33. The molecule has 1 aromatic rings. The van der Waals surface area contributed by atoms with E-state index in [1.807, 2.05) is 29.5 Å². The smallest absolute Gasteiger partial charge is 0.317 e. The number of aromatic nitrogens is 2. The average Bonchev–Trinajstić information content (AvgIpc) is 2.86. The molecule has 0 radical (unpaired) electrons. The lowest BCUT2D eigenvalue weighted by molar-refractivity contribution is -0.0545. The van der Waals surface area contributed by atoms with Gasteiger partial charge in [0.25, 0.3) is 0 Å². The monoisotopic (exact) mass is 266 g/mol. The summed E-state index contributed by atoms with van der Waals surface area (Å²) >= 11 is 0. The van der Waals surface area contributed by atoms with Crippen LogP contribution in [0.1, 0.15) is 20.3 Å². The van der Waals surface area contributed by atoms with Crippen LogP contribution in [0.4, 0.5) is 4.79 Å². The quantitative estimate of drug-likeness (QED) is 0.830. The van der Waals surface area contributed by atoms with E-state index in [0.717, 1.165) is 13.0 Å². The number of urea groups is 1. The molecule has 1 aliphatic heterocycles. The Kier molecular flexibility index (Phi) is 4.79. The summed E-state index contributed by atoms with van der Waals surface area (Å²) in [5.74, 6) is 0. The van der Waals surface area contributed by atoms with Gasteiger partial charge in [-0.05, 0) is 20.3 Å². The molecule has 1 fully saturated rings. The predicted molar refractivity (Wildman–Crippen MR) is 71.8 cm³/mol. The molecule has 106 valence electrons. The first kappa shape index (κ1) is 13.9. The molecule has 6 nitrogen and oxygen atoms in total. The van der Waals surface area contributed by atoms with Gasteiger partial charge in [-0.15, -0.1) is 0 Å². The molecule has 0 unspecified atom stereocenters. The van der Waals surface area contributed by atoms with Crippen LogP contribution < -0.4 is 5.32 Å². The Labute approximate surface area is 113 Å². The van der Waals surface area contributed by atoms with Gasteiger partial charge in [-0.1, -0.05) is 0 Å². The molecule has 0 bridgehead atoms. The number of nitrogens with one attached hydrogen (secondary N) is 1. The van der Waals surface area contributed by atoms with Gasteiger partial charge in [0.1, 0.15) is 0 Å². The molecule has 6 heteroatoms. The van der Waals surface area contributed by atoms with Gasteiger partial charge in [-0.2, -0.15) is 0 Å². The second kappa shape index (κ2) is 6.56. The van der Waals surface area contributed by atoms with Gasteiger partial charge in [-0.3, -0.25) is 0 Å². The van der Waals surface area contributed by atoms with Crippen LogP contribution >= 0.6 is 0 Å². The lowest BCUT2D eigenvalue weighted by Gasteiger charge is -2.35. The first-order chi connectivity index (χ1) is 9.15. The van der Waals surface area contributed by atoms with Crippen molar-refractivity contribution < 1.29 is 9.53 Å². The van der Waals surface area contributed by atoms with Crippen LogP contribution in [0.3, 0.4) is 0 Å². The van der Waals surface area contributed by atoms with Crippen molar-refractivity contribution in [1.82, 2.24) is 19.8 Å². The number of carbonyl (C=O) groups is 1. The van der Waals surface area contributed by atoms with Gasteiger partial charge in [0.15, 0.2) is 0 Å². The highest BCUT2D eigenvalue weighted by molar-refractivity contribution is 5.74. The molecular weight excluding hydrogens is 244 g/mol. The van der Waals surface area contributed by atoms with Gasteiger partial charge < -0.3 is 19.5 Å². The van der Waals surface area contributed by atoms with Crippen molar-refractivity contribution in [3.05, 3.63) is 18.7 Å². The zero-order chi connectivity index (χ0) is 13.7. The third-order valence-corrected chi connectivity index (χ3v) is 3.14. The third kappa shape index (κ3) is 4.24. The van der Waals surface area contributed by atoms with E-state index in [1.54, 1.807) is 12.5 Å². The van der Waals surface area contributed by atoms with E-state index in [0.29, 0.717) is 19.6 Å². The second-order valence-electron chi connectivity index (χ2n) is 5.05. The van der Waals surface area contributed by atoms with Crippen molar-refractivity contribution >= 4 is 6.03 Å². The van der Waals surface area contributed by atoms with E-state index in [4.69, 9.17) is 4.74 Å². The Morgan fingerprint density at radius 3 is 2.79 bits per heavy atom. The van der Waals surface area contributed by atoms with E-state index in [9.17, 15) is 4.79 Å². The van der Waals surface area contributed by atoms with E-state index >= 15 is 0 Å². The Morgan fingerprint density at radius 2 is 2.16 bits per heavy atom. The predicted octanol–water partition coefficient (Wildman–Crippen LogP) is 1.09. The van der Waals surface area contributed by atoms with E-state index in [2.05, 4.69) is 10.3 Å². The maximum Gasteiger partial charge on any atom is 0.317 e. The molecule has 0 aliphatic carbocycles. The van der Waals surface area contributed by atoms with E-state index in [-0.39, 0.29) is 18.2 Å². The minimum absolute atomic E-state index is 0.00707. The van der Waals surface area contributed by atoms with Crippen LogP contribution in [0.2, 0.25) is 0 Å². The Balaban J connectivity index is 1.66. The molecule has 19 heavy (non-hydrogen) atoms. The molecule has 1 aromatic heterocycles. The number of carbonyl (C=O) groups excluding carboxylic acids is 1. The Morgan fingerprint density at radius 1 is 1.42 bits per heavy atom. The zero-order valence-electron chi connectivity index (χ0n) is 11.6. The van der Waals surface area contributed by atoms with E-state index in [1.165, 1.54) is 0 Å². The van der Waals surface area contributed by atoms with Crippen molar-refractivity contribution in [2.24, 2.45) is 0 Å². The molecule has 2 heterocycles. The Hall–Kier alpha value is -1.56. The first-order valence-electron chi connectivity index (χ1n) is 6.79. The standard InChI is InChI=1S/C13H22N4O2/c1-11-8-17(9-12(2)19-11)13(18)15-4-3-6-16-7-5-14-10-16/h5,7,10-12H,3-4,6,8-9H2,1-2H3,(H,15,18)/t11-,12+. The van der Waals surface area contributed by atoms with E-state index < -0.39 is 0 Å². The topological polar surface area (TPSA) is 59.4 Å². The summed E-state index contributed by atoms with van der Waals surface area (Å²) in [6.45, 7) is 6.87. The number of rotatable bonds is 4. The van der Waals surface area contributed by atoms with Crippen LogP contribution in [-0.2, 0) is 11.3 Å². The molecule has 1 aliphatic rings. The molecule has 0 aromatic carbocycles. The van der Waals surface area contributed by atoms with Crippen molar-refractivity contribution in [3.8, 4) is 0 Å². The van der Waals surface area contributed by atoms with Crippen LogP contribution in [0.25, 0.3) is 0 Å². The van der Waals surface area contributed by atoms with Crippen molar-refractivity contribution in [1.29, 1.82) is 0 Å². The number of hydrogen-bond acceptors (Lipinski definition) is 3. The molecule has 2 rings (SSSR count). The van der Waals surface area contributed by atoms with Crippen LogP contribution in [0.5, 0.6) is 0 Å². The second-order valence-corrected chi connectivity index (χ2v) is 5.05. The fraction of sp³-hybridized carbons (Fsp3) is 0.692. The van der Waals surface area contributed by atoms with Crippen LogP contribution in [0, 0.1) is 0 Å². The van der Waals surface area contributed by atoms with Gasteiger partial charge in [0, 0.05) is 38.6 Å². The first-order valence-corrected chi connectivity index (χ1v) is 6.79. The lowest BCUT2D eigenvalue weighted by Crippen LogP contribution is -2.51. The maximum atomic E-state index is 12.0. The van der Waals surface area contributed by atoms with Gasteiger partial charge in [0.2, 0.25) is 0 Å². The highest BCUT2D eigenvalue weighted by atomic mass is 16.5. The highest BCUT2D eigenvalue weighted by Crippen LogP contribution is 2.10. The minimum atomic E-state index is 0.00707. The maximum absolute atomic E-state index is 12.0. The molecule has 1 saturated heterocycles. The number of amides is 2. The largest absolute Gasteiger partial charge is 0.372 e. The summed E-state index contributed by atoms with van der Waals surface area (Å²) in [6.07, 6.45) is 6.59. The summed E-state index contributed by atoms with van der Waals surface area (Å²) in [5, 5.41) is 2.95. The Bertz CT molecular complexity index is 383. The summed E-state index contributed by atoms with van der Waals surface area (Å²) < 4.78 is 7.61. The van der Waals surface area contributed by atoms with Crippen LogP contribution in [-0.4, -0.2) is 52.3 Å². The zero-order valence-corrected chi connectivity index (χ0v) is 11.6. The summed E-state index contributed by atoms with van der Waals surface area (Å²) in [4.78, 5) is 17.8. The number of hydrogen-bond donors (Lipinski definition) is 1. The molecule has 1 N–H and O–H groups in total. The van der Waals surface area contributed by atoms with Crippen molar-refractivity contribution in [3.63, 3.8) is 0 Å². The van der Waals surface area contributed by atoms with Gasteiger partial charge in [-0.25, -0.2) is 9.78 Å². The number of ether oxygens (including phenoxy) is 1.